The van der Waals surface area contributed by atoms with Crippen LogP contribution >= 0.6 is 23.2 Å². The van der Waals surface area contributed by atoms with Gasteiger partial charge < -0.3 is 15.5 Å². The predicted molar refractivity (Wildman–Crippen MR) is 124 cm³/mol. The summed E-state index contributed by atoms with van der Waals surface area (Å²) in [6, 6.07) is 11.2. The van der Waals surface area contributed by atoms with Crippen LogP contribution in [0.2, 0.25) is 10.0 Å². The van der Waals surface area contributed by atoms with Crippen molar-refractivity contribution in [3.8, 4) is 0 Å². The molecule has 164 valence electrons. The Kier molecular flexibility index (Phi) is 7.20. The number of carbonyl (C=O) groups is 3. The van der Waals surface area contributed by atoms with Crippen LogP contribution in [0.15, 0.2) is 42.5 Å². The van der Waals surface area contributed by atoms with Gasteiger partial charge in [0.25, 0.3) is 0 Å². The van der Waals surface area contributed by atoms with Crippen molar-refractivity contribution in [1.29, 1.82) is 0 Å². The molecule has 0 saturated carbocycles. The molecule has 2 atom stereocenters. The van der Waals surface area contributed by atoms with E-state index < -0.39 is 6.04 Å². The molecule has 0 saturated heterocycles. The summed E-state index contributed by atoms with van der Waals surface area (Å²) >= 11 is 12.1. The lowest BCUT2D eigenvalue weighted by Crippen LogP contribution is -2.48. The van der Waals surface area contributed by atoms with E-state index in [2.05, 4.69) is 10.6 Å². The topological polar surface area (TPSA) is 81.8 Å². The van der Waals surface area contributed by atoms with Crippen LogP contribution in [0.25, 0.3) is 0 Å². The summed E-state index contributed by atoms with van der Waals surface area (Å²) in [4.78, 5) is 41.3. The van der Waals surface area contributed by atoms with Crippen LogP contribution in [-0.2, 0) is 14.4 Å². The summed E-state index contributed by atoms with van der Waals surface area (Å²) in [5.74, 6) is -0.672. The molecule has 1 aliphatic heterocycles. The number of halogens is 2. The van der Waals surface area contributed by atoms with E-state index in [1.165, 1.54) is 0 Å². The molecule has 0 radical (unpaired) electrons. The number of hydrogen-bond donors (Lipinski definition) is 2. The maximum Gasteiger partial charge on any atom is 0.241 e. The molecule has 3 amide bonds. The van der Waals surface area contributed by atoms with Crippen molar-refractivity contribution in [2.24, 2.45) is 0 Å². The zero-order valence-electron chi connectivity index (χ0n) is 17.5. The highest BCUT2D eigenvalue weighted by Crippen LogP contribution is 2.32. The number of amides is 3. The number of nitrogens with zero attached hydrogens (tertiary/aromatic N) is 2. The van der Waals surface area contributed by atoms with Gasteiger partial charge in [-0.15, -0.1) is 0 Å². The fourth-order valence-corrected chi connectivity index (χ4v) is 3.78. The third-order valence-corrected chi connectivity index (χ3v) is 6.08. The lowest BCUT2D eigenvalue weighted by Gasteiger charge is -2.31. The zero-order valence-corrected chi connectivity index (χ0v) is 19.0. The summed E-state index contributed by atoms with van der Waals surface area (Å²) in [5, 5.41) is 6.18. The van der Waals surface area contributed by atoms with E-state index in [1.807, 2.05) is 13.0 Å². The number of hydrogen-bond acceptors (Lipinski definition) is 4. The monoisotopic (exact) mass is 462 g/mol. The van der Waals surface area contributed by atoms with Crippen molar-refractivity contribution in [2.45, 2.75) is 32.4 Å². The number of fused-ring (bicyclic) bond motifs is 1. The lowest BCUT2D eigenvalue weighted by molar-refractivity contribution is -0.123. The van der Waals surface area contributed by atoms with Gasteiger partial charge in [-0.2, -0.15) is 0 Å². The highest BCUT2D eigenvalue weighted by molar-refractivity contribution is 6.44. The van der Waals surface area contributed by atoms with Crippen LogP contribution in [0.1, 0.15) is 20.3 Å². The number of benzene rings is 2. The van der Waals surface area contributed by atoms with E-state index in [9.17, 15) is 14.4 Å². The Morgan fingerprint density at radius 2 is 1.94 bits per heavy atom. The molecule has 31 heavy (non-hydrogen) atoms. The molecular weight excluding hydrogens is 439 g/mol. The second kappa shape index (κ2) is 9.68. The van der Waals surface area contributed by atoms with Crippen LogP contribution < -0.4 is 15.5 Å². The number of para-hydroxylation sites is 2. The van der Waals surface area contributed by atoms with Crippen molar-refractivity contribution in [3.05, 3.63) is 52.5 Å². The molecule has 0 fully saturated rings. The average Bonchev–Trinajstić information content (AvgIpc) is 2.84. The van der Waals surface area contributed by atoms with Crippen molar-refractivity contribution in [2.75, 3.05) is 29.1 Å². The van der Waals surface area contributed by atoms with Crippen LogP contribution in [-0.4, -0.2) is 48.3 Å². The van der Waals surface area contributed by atoms with Gasteiger partial charge in [-0.25, -0.2) is 0 Å². The summed E-state index contributed by atoms with van der Waals surface area (Å²) in [7, 11) is 1.69. The van der Waals surface area contributed by atoms with Gasteiger partial charge in [0.2, 0.25) is 17.7 Å². The summed E-state index contributed by atoms with van der Waals surface area (Å²) in [6.45, 7) is 3.52. The standard InChI is InChI=1S/C22H24Cl2N4O3/c1-13-11-19(29)25-16-8-4-5-10-18(16)28(13)20(30)12-27(3)14(2)22(31)26-17-9-6-7-15(23)21(17)24/h4-10,13-14H,11-12H2,1-3H3,(H,25,29)(H,26,31)/t13-,14-/m1/s1. The molecule has 2 aromatic rings. The minimum Gasteiger partial charge on any atom is -0.324 e. The molecule has 0 unspecified atom stereocenters. The minimum atomic E-state index is -0.615. The SMILES string of the molecule is C[C@H](C(=O)Nc1cccc(Cl)c1Cl)N(C)CC(=O)N1c2ccccc2NC(=O)C[C@H]1C. The van der Waals surface area contributed by atoms with E-state index in [4.69, 9.17) is 23.2 Å². The molecule has 2 N–H and O–H groups in total. The Bertz CT molecular complexity index is 1010. The second-order valence-corrected chi connectivity index (χ2v) is 8.35. The average molecular weight is 463 g/mol. The van der Waals surface area contributed by atoms with E-state index >= 15 is 0 Å². The van der Waals surface area contributed by atoms with E-state index in [0.717, 1.165) is 0 Å². The molecule has 0 aliphatic carbocycles. The Balaban J connectivity index is 1.72. The first-order chi connectivity index (χ1) is 14.7. The van der Waals surface area contributed by atoms with Gasteiger partial charge in [0.1, 0.15) is 0 Å². The molecule has 1 heterocycles. The first-order valence-corrected chi connectivity index (χ1v) is 10.6. The van der Waals surface area contributed by atoms with Crippen LogP contribution in [0.3, 0.4) is 0 Å². The largest absolute Gasteiger partial charge is 0.324 e. The zero-order chi connectivity index (χ0) is 22.7. The summed E-state index contributed by atoms with van der Waals surface area (Å²) < 4.78 is 0. The van der Waals surface area contributed by atoms with Gasteiger partial charge in [0.05, 0.1) is 39.7 Å². The Labute approximate surface area is 191 Å². The molecule has 9 heteroatoms. The Morgan fingerprint density at radius 3 is 2.68 bits per heavy atom. The maximum absolute atomic E-state index is 13.2. The molecule has 0 bridgehead atoms. The molecule has 1 aliphatic rings. The normalized spacial score (nSPS) is 16.9. The highest BCUT2D eigenvalue weighted by atomic mass is 35.5. The highest BCUT2D eigenvalue weighted by Gasteiger charge is 2.31. The number of likely N-dealkylation sites (N-methyl/N-ethyl adjacent to an activating group) is 1. The third-order valence-electron chi connectivity index (χ3n) is 5.26. The van der Waals surface area contributed by atoms with Gasteiger partial charge in [0.15, 0.2) is 0 Å². The molecule has 0 spiro atoms. The van der Waals surface area contributed by atoms with Gasteiger partial charge in [0, 0.05) is 12.5 Å². The smallest absolute Gasteiger partial charge is 0.241 e. The van der Waals surface area contributed by atoms with Crippen molar-refractivity contribution < 1.29 is 14.4 Å². The number of carbonyl (C=O) groups excluding carboxylic acids is 3. The first kappa shape index (κ1) is 23.1. The lowest BCUT2D eigenvalue weighted by atomic mass is 10.1. The van der Waals surface area contributed by atoms with E-state index in [1.54, 1.807) is 60.2 Å². The molecule has 2 aromatic carbocycles. The minimum absolute atomic E-state index is 0.00920. The molecule has 3 rings (SSSR count). The van der Waals surface area contributed by atoms with Crippen molar-refractivity contribution in [3.63, 3.8) is 0 Å². The van der Waals surface area contributed by atoms with Crippen LogP contribution in [0.5, 0.6) is 0 Å². The van der Waals surface area contributed by atoms with Crippen LogP contribution in [0.4, 0.5) is 17.1 Å². The molecular formula is C22H24Cl2N4O3. The quantitative estimate of drug-likeness (QED) is 0.702. The van der Waals surface area contributed by atoms with Crippen molar-refractivity contribution in [1.82, 2.24) is 4.90 Å². The summed E-state index contributed by atoms with van der Waals surface area (Å²) in [5.41, 5.74) is 1.64. The van der Waals surface area contributed by atoms with Gasteiger partial charge in [-0.1, -0.05) is 41.4 Å². The van der Waals surface area contributed by atoms with Crippen LogP contribution in [0, 0.1) is 0 Å². The number of anilines is 3. The van der Waals surface area contributed by atoms with Gasteiger partial charge >= 0.3 is 0 Å². The van der Waals surface area contributed by atoms with E-state index in [-0.39, 0.29) is 41.8 Å². The van der Waals surface area contributed by atoms with Gasteiger partial charge in [-0.05, 0) is 45.2 Å². The number of rotatable bonds is 5. The van der Waals surface area contributed by atoms with E-state index in [0.29, 0.717) is 22.1 Å². The molecule has 0 aromatic heterocycles. The van der Waals surface area contributed by atoms with Gasteiger partial charge in [-0.3, -0.25) is 19.3 Å². The predicted octanol–water partition coefficient (Wildman–Crippen LogP) is 4.02. The number of nitrogens with one attached hydrogen (secondary N) is 2. The van der Waals surface area contributed by atoms with Crippen molar-refractivity contribution >= 4 is 58.0 Å². The summed E-state index contributed by atoms with van der Waals surface area (Å²) in [6.07, 6.45) is 0.188. The molecule has 7 nitrogen and oxygen atoms in total. The maximum atomic E-state index is 13.2. The Hall–Kier alpha value is -2.61. The third kappa shape index (κ3) is 5.18. The first-order valence-electron chi connectivity index (χ1n) is 9.85. The second-order valence-electron chi connectivity index (χ2n) is 7.56. The Morgan fingerprint density at radius 1 is 1.23 bits per heavy atom. The fourth-order valence-electron chi connectivity index (χ4n) is 3.43. The fraction of sp³-hybridized carbons (Fsp3) is 0.318.